The zero-order valence-electron chi connectivity index (χ0n) is 10.8. The second kappa shape index (κ2) is 5.73. The Hall–Kier alpha value is -2.04. The summed E-state index contributed by atoms with van der Waals surface area (Å²) >= 11 is 0. The monoisotopic (exact) mass is 263 g/mol. The lowest BCUT2D eigenvalue weighted by molar-refractivity contribution is -0.146. The number of nitrogens with zero attached hydrogens (tertiary/aromatic N) is 1. The number of piperidine rings is 1. The molecule has 1 aromatic rings. The molecule has 1 saturated heterocycles. The van der Waals surface area contributed by atoms with Crippen molar-refractivity contribution in [2.75, 3.05) is 20.2 Å². The summed E-state index contributed by atoms with van der Waals surface area (Å²) in [6.45, 7) is 1.11. The highest BCUT2D eigenvalue weighted by Crippen LogP contribution is 2.20. The molecule has 5 heteroatoms. The van der Waals surface area contributed by atoms with E-state index in [0.29, 0.717) is 31.5 Å². The molecule has 1 N–H and O–H groups in total. The van der Waals surface area contributed by atoms with Gasteiger partial charge in [-0.3, -0.25) is 9.59 Å². The molecule has 0 atom stereocenters. The van der Waals surface area contributed by atoms with E-state index in [0.717, 1.165) is 0 Å². The standard InChI is InChI=1S/C14H17NO4/c1-19-14(18)11-6-8-15(9-7-11)13(17)10-2-4-12(16)5-3-10/h2-5,11,16H,6-9H2,1H3. The van der Waals surface area contributed by atoms with Gasteiger partial charge in [-0.25, -0.2) is 0 Å². The van der Waals surface area contributed by atoms with Crippen molar-refractivity contribution in [2.45, 2.75) is 12.8 Å². The van der Waals surface area contributed by atoms with Gasteiger partial charge in [0, 0.05) is 18.7 Å². The fraction of sp³-hybridized carbons (Fsp3) is 0.429. The van der Waals surface area contributed by atoms with Crippen molar-refractivity contribution in [3.63, 3.8) is 0 Å². The molecule has 1 heterocycles. The molecular formula is C14H17NO4. The maximum atomic E-state index is 12.2. The third-order valence-electron chi connectivity index (χ3n) is 3.43. The van der Waals surface area contributed by atoms with Crippen molar-refractivity contribution in [1.82, 2.24) is 4.90 Å². The van der Waals surface area contributed by atoms with Crippen LogP contribution in [0, 0.1) is 5.92 Å². The van der Waals surface area contributed by atoms with Gasteiger partial charge >= 0.3 is 5.97 Å². The summed E-state index contributed by atoms with van der Waals surface area (Å²) in [5, 5.41) is 9.20. The van der Waals surface area contributed by atoms with Crippen LogP contribution in [0.15, 0.2) is 24.3 Å². The Balaban J connectivity index is 1.96. The molecule has 0 saturated carbocycles. The Kier molecular flexibility index (Phi) is 4.04. The molecule has 0 unspecified atom stereocenters. The average molecular weight is 263 g/mol. The molecule has 0 aromatic heterocycles. The van der Waals surface area contributed by atoms with Gasteiger partial charge in [-0.15, -0.1) is 0 Å². The zero-order chi connectivity index (χ0) is 13.8. The zero-order valence-corrected chi connectivity index (χ0v) is 10.8. The van der Waals surface area contributed by atoms with Crippen LogP contribution in [0.3, 0.4) is 0 Å². The van der Waals surface area contributed by atoms with Crippen LogP contribution >= 0.6 is 0 Å². The number of amides is 1. The van der Waals surface area contributed by atoms with Crippen molar-refractivity contribution < 1.29 is 19.4 Å². The molecule has 0 radical (unpaired) electrons. The van der Waals surface area contributed by atoms with Crippen LogP contribution in [0.4, 0.5) is 0 Å². The predicted octanol–water partition coefficient (Wildman–Crippen LogP) is 1.42. The Bertz CT molecular complexity index is 461. The Labute approximate surface area is 111 Å². The Morgan fingerprint density at radius 2 is 1.79 bits per heavy atom. The average Bonchev–Trinajstić information content (AvgIpc) is 2.46. The van der Waals surface area contributed by atoms with Crippen LogP contribution in [0.5, 0.6) is 5.75 Å². The van der Waals surface area contributed by atoms with Gasteiger partial charge < -0.3 is 14.7 Å². The van der Waals surface area contributed by atoms with E-state index in [1.807, 2.05) is 0 Å². The summed E-state index contributed by atoms with van der Waals surface area (Å²) in [6, 6.07) is 6.19. The number of carbonyl (C=O) groups excluding carboxylic acids is 2. The van der Waals surface area contributed by atoms with Gasteiger partial charge in [-0.1, -0.05) is 0 Å². The summed E-state index contributed by atoms with van der Waals surface area (Å²) in [7, 11) is 1.39. The first-order chi connectivity index (χ1) is 9.11. The van der Waals surface area contributed by atoms with E-state index in [1.54, 1.807) is 17.0 Å². The van der Waals surface area contributed by atoms with Gasteiger partial charge in [0.25, 0.3) is 5.91 Å². The van der Waals surface area contributed by atoms with Crippen LogP contribution in [0.2, 0.25) is 0 Å². The minimum atomic E-state index is -0.197. The van der Waals surface area contributed by atoms with Crippen LogP contribution in [-0.2, 0) is 9.53 Å². The molecule has 19 heavy (non-hydrogen) atoms. The number of hydrogen-bond acceptors (Lipinski definition) is 4. The lowest BCUT2D eigenvalue weighted by Crippen LogP contribution is -2.40. The number of esters is 1. The van der Waals surface area contributed by atoms with Crippen molar-refractivity contribution in [2.24, 2.45) is 5.92 Å². The number of aromatic hydroxyl groups is 1. The second-order valence-corrected chi connectivity index (χ2v) is 4.64. The molecule has 1 amide bonds. The van der Waals surface area contributed by atoms with Crippen LogP contribution in [0.25, 0.3) is 0 Å². The summed E-state index contributed by atoms with van der Waals surface area (Å²) in [5.41, 5.74) is 0.550. The number of ether oxygens (including phenoxy) is 1. The van der Waals surface area contributed by atoms with Gasteiger partial charge in [0.05, 0.1) is 13.0 Å². The van der Waals surface area contributed by atoms with Gasteiger partial charge in [0.1, 0.15) is 5.75 Å². The summed E-state index contributed by atoms with van der Waals surface area (Å²) in [4.78, 5) is 25.3. The maximum Gasteiger partial charge on any atom is 0.308 e. The number of hydrogen-bond donors (Lipinski definition) is 1. The molecule has 0 bridgehead atoms. The van der Waals surface area contributed by atoms with E-state index in [4.69, 9.17) is 4.74 Å². The number of methoxy groups -OCH3 is 1. The Morgan fingerprint density at radius 3 is 2.32 bits per heavy atom. The highest BCUT2D eigenvalue weighted by molar-refractivity contribution is 5.94. The summed E-state index contributed by atoms with van der Waals surface area (Å²) in [5.74, 6) is -0.227. The van der Waals surface area contributed by atoms with E-state index < -0.39 is 0 Å². The van der Waals surface area contributed by atoms with Crippen LogP contribution in [-0.4, -0.2) is 42.1 Å². The third kappa shape index (κ3) is 3.05. The van der Waals surface area contributed by atoms with E-state index >= 15 is 0 Å². The number of benzene rings is 1. The lowest BCUT2D eigenvalue weighted by atomic mass is 9.96. The number of phenolic OH excluding ortho intramolecular Hbond substituents is 1. The smallest absolute Gasteiger partial charge is 0.308 e. The van der Waals surface area contributed by atoms with Crippen LogP contribution in [0.1, 0.15) is 23.2 Å². The first-order valence-electron chi connectivity index (χ1n) is 6.28. The molecule has 1 fully saturated rings. The largest absolute Gasteiger partial charge is 0.508 e. The van der Waals surface area contributed by atoms with Gasteiger partial charge in [0.2, 0.25) is 0 Å². The van der Waals surface area contributed by atoms with Gasteiger partial charge in [0.15, 0.2) is 0 Å². The van der Waals surface area contributed by atoms with Crippen molar-refractivity contribution in [1.29, 1.82) is 0 Å². The molecule has 1 aliphatic heterocycles. The number of rotatable bonds is 2. The van der Waals surface area contributed by atoms with Gasteiger partial charge in [-0.05, 0) is 37.1 Å². The normalized spacial score (nSPS) is 16.2. The predicted molar refractivity (Wildman–Crippen MR) is 68.8 cm³/mol. The first-order valence-corrected chi connectivity index (χ1v) is 6.28. The quantitative estimate of drug-likeness (QED) is 0.819. The van der Waals surface area contributed by atoms with Crippen molar-refractivity contribution >= 4 is 11.9 Å². The fourth-order valence-corrected chi connectivity index (χ4v) is 2.27. The summed E-state index contributed by atoms with van der Waals surface area (Å²) < 4.78 is 4.71. The molecule has 1 aromatic carbocycles. The van der Waals surface area contributed by atoms with Crippen molar-refractivity contribution in [3.8, 4) is 5.75 Å². The minimum Gasteiger partial charge on any atom is -0.508 e. The second-order valence-electron chi connectivity index (χ2n) is 4.64. The minimum absolute atomic E-state index is 0.0664. The van der Waals surface area contributed by atoms with E-state index in [2.05, 4.69) is 0 Å². The van der Waals surface area contributed by atoms with E-state index in [9.17, 15) is 14.7 Å². The molecular weight excluding hydrogens is 246 g/mol. The third-order valence-corrected chi connectivity index (χ3v) is 3.43. The molecule has 102 valence electrons. The van der Waals surface area contributed by atoms with Crippen molar-refractivity contribution in [3.05, 3.63) is 29.8 Å². The van der Waals surface area contributed by atoms with Crippen LogP contribution < -0.4 is 0 Å². The summed E-state index contributed by atoms with van der Waals surface area (Å²) in [6.07, 6.45) is 1.27. The first kappa shape index (κ1) is 13.4. The SMILES string of the molecule is COC(=O)C1CCN(C(=O)c2ccc(O)cc2)CC1. The van der Waals surface area contributed by atoms with E-state index in [1.165, 1.54) is 19.2 Å². The highest BCUT2D eigenvalue weighted by Gasteiger charge is 2.28. The highest BCUT2D eigenvalue weighted by atomic mass is 16.5. The molecule has 1 aliphatic rings. The topological polar surface area (TPSA) is 66.8 Å². The maximum absolute atomic E-state index is 12.2. The molecule has 2 rings (SSSR count). The van der Waals surface area contributed by atoms with E-state index in [-0.39, 0.29) is 23.5 Å². The molecule has 5 nitrogen and oxygen atoms in total. The number of likely N-dealkylation sites (tertiary alicyclic amines) is 1. The fourth-order valence-electron chi connectivity index (χ4n) is 2.27. The number of carbonyl (C=O) groups is 2. The molecule has 0 spiro atoms. The van der Waals surface area contributed by atoms with Gasteiger partial charge in [-0.2, -0.15) is 0 Å². The Morgan fingerprint density at radius 1 is 1.21 bits per heavy atom. The lowest BCUT2D eigenvalue weighted by Gasteiger charge is -2.30. The number of phenols is 1. The molecule has 0 aliphatic carbocycles.